The van der Waals surface area contributed by atoms with Gasteiger partial charge in [-0.15, -0.1) is 13.2 Å². The number of rotatable bonds is 7. The Morgan fingerprint density at radius 2 is 1.93 bits per heavy atom. The zero-order valence-corrected chi connectivity index (χ0v) is 14.5. The van der Waals surface area contributed by atoms with Crippen molar-refractivity contribution in [1.82, 2.24) is 4.98 Å². The Morgan fingerprint density at radius 1 is 1.25 bits per heavy atom. The molecule has 0 saturated heterocycles. The van der Waals surface area contributed by atoms with Crippen LogP contribution >= 0.6 is 0 Å². The van der Waals surface area contributed by atoms with Crippen molar-refractivity contribution in [2.45, 2.75) is 6.36 Å². The molecule has 0 aliphatic heterocycles. The van der Waals surface area contributed by atoms with Crippen LogP contribution in [0.25, 0.3) is 5.57 Å². The number of hydrogen-bond donors (Lipinski definition) is 3. The molecule has 0 fully saturated rings. The highest BCUT2D eigenvalue weighted by Crippen LogP contribution is 2.24. The van der Waals surface area contributed by atoms with Gasteiger partial charge in [0.2, 0.25) is 0 Å². The molecular formula is C18H17F3N4O3. The third-order valence-electron chi connectivity index (χ3n) is 3.32. The highest BCUT2D eigenvalue weighted by Gasteiger charge is 2.30. The van der Waals surface area contributed by atoms with E-state index in [0.717, 1.165) is 12.1 Å². The van der Waals surface area contributed by atoms with Crippen molar-refractivity contribution in [3.05, 3.63) is 60.1 Å². The molecule has 10 heteroatoms. The lowest BCUT2D eigenvalue weighted by Crippen LogP contribution is -2.17. The molecule has 0 radical (unpaired) electrons. The van der Waals surface area contributed by atoms with Gasteiger partial charge in [-0.2, -0.15) is 0 Å². The van der Waals surface area contributed by atoms with Crippen LogP contribution in [-0.4, -0.2) is 41.7 Å². The number of nitrogens with one attached hydrogen (secondary N) is 1. The molecule has 0 bridgehead atoms. The zero-order valence-electron chi connectivity index (χ0n) is 14.5. The minimum atomic E-state index is -4.79. The van der Waals surface area contributed by atoms with E-state index in [0.29, 0.717) is 11.1 Å². The van der Waals surface area contributed by atoms with Crippen LogP contribution in [0.1, 0.15) is 15.9 Å². The minimum absolute atomic E-state index is 0.109. The van der Waals surface area contributed by atoms with E-state index in [1.165, 1.54) is 43.0 Å². The summed E-state index contributed by atoms with van der Waals surface area (Å²) in [7, 11) is 0. The largest absolute Gasteiger partial charge is 0.573 e. The summed E-state index contributed by atoms with van der Waals surface area (Å²) >= 11 is 0. The maximum atomic E-state index is 12.4. The Morgan fingerprint density at radius 3 is 2.54 bits per heavy atom. The lowest BCUT2D eigenvalue weighted by molar-refractivity contribution is -0.274. The van der Waals surface area contributed by atoms with Crippen molar-refractivity contribution < 1.29 is 27.8 Å². The number of anilines is 1. The van der Waals surface area contributed by atoms with Crippen LogP contribution in [0.2, 0.25) is 0 Å². The van der Waals surface area contributed by atoms with Crippen molar-refractivity contribution in [3.8, 4) is 5.75 Å². The molecule has 4 N–H and O–H groups in total. The monoisotopic (exact) mass is 394 g/mol. The van der Waals surface area contributed by atoms with E-state index < -0.39 is 18.0 Å². The summed E-state index contributed by atoms with van der Waals surface area (Å²) < 4.78 is 40.3. The number of alkyl halides is 3. The second-order valence-electron chi connectivity index (χ2n) is 5.37. The average molecular weight is 394 g/mol. The van der Waals surface area contributed by atoms with Crippen molar-refractivity contribution >= 4 is 23.4 Å². The van der Waals surface area contributed by atoms with Gasteiger partial charge in [-0.05, 0) is 30.3 Å². The summed E-state index contributed by atoms with van der Waals surface area (Å²) in [6, 6.07) is 6.27. The number of pyridine rings is 1. The standard InChI is InChI=1S/C18H17F3N4O3/c19-18(20,21)28-16-3-1-15(2-4-16)25-17(27)13-7-12(9-24-10-13)14(8-22)11-23-5-6-26/h1-4,7-11,26H,5-6,22H2,(H,25,27). The molecule has 0 saturated carbocycles. The number of aliphatic hydroxyl groups is 1. The first-order valence-electron chi connectivity index (χ1n) is 7.97. The van der Waals surface area contributed by atoms with Gasteiger partial charge in [-0.3, -0.25) is 14.8 Å². The number of amides is 1. The zero-order chi connectivity index (χ0) is 20.6. The molecule has 0 unspecified atom stereocenters. The summed E-state index contributed by atoms with van der Waals surface area (Å²) in [6.45, 7) is 0.0981. The van der Waals surface area contributed by atoms with Crippen LogP contribution in [0.15, 0.2) is 53.9 Å². The number of benzene rings is 1. The molecule has 0 aliphatic rings. The van der Waals surface area contributed by atoms with E-state index in [-0.39, 0.29) is 24.4 Å². The van der Waals surface area contributed by atoms with Crippen molar-refractivity contribution in [2.75, 3.05) is 18.5 Å². The average Bonchev–Trinajstić information content (AvgIpc) is 2.66. The van der Waals surface area contributed by atoms with Gasteiger partial charge in [0, 0.05) is 41.6 Å². The fourth-order valence-electron chi connectivity index (χ4n) is 2.10. The van der Waals surface area contributed by atoms with Gasteiger partial charge >= 0.3 is 6.36 Å². The number of hydrogen-bond acceptors (Lipinski definition) is 6. The molecule has 1 aromatic carbocycles. The number of nitrogens with zero attached hydrogens (tertiary/aromatic N) is 2. The number of allylic oxidation sites excluding steroid dienone is 1. The molecule has 28 heavy (non-hydrogen) atoms. The summed E-state index contributed by atoms with van der Waals surface area (Å²) in [5.74, 6) is -0.906. The molecule has 148 valence electrons. The number of carbonyl (C=O) groups excluding carboxylic acids is 1. The molecule has 7 nitrogen and oxygen atoms in total. The van der Waals surface area contributed by atoms with Gasteiger partial charge in [-0.1, -0.05) is 0 Å². The van der Waals surface area contributed by atoms with Crippen LogP contribution in [0, 0.1) is 0 Å². The summed E-state index contributed by atoms with van der Waals surface area (Å²) in [5, 5.41) is 11.3. The van der Waals surface area contributed by atoms with E-state index in [2.05, 4.69) is 20.0 Å². The van der Waals surface area contributed by atoms with Gasteiger partial charge in [0.25, 0.3) is 5.91 Å². The maximum absolute atomic E-state index is 12.4. The van der Waals surface area contributed by atoms with Crippen LogP contribution in [0.4, 0.5) is 18.9 Å². The van der Waals surface area contributed by atoms with E-state index in [1.54, 1.807) is 0 Å². The highest BCUT2D eigenvalue weighted by atomic mass is 19.4. The van der Waals surface area contributed by atoms with Gasteiger partial charge < -0.3 is 20.9 Å². The number of ether oxygens (including phenoxy) is 1. The molecule has 0 atom stereocenters. The number of aliphatic imine (C=N–C) groups is 1. The first-order valence-corrected chi connectivity index (χ1v) is 7.97. The van der Waals surface area contributed by atoms with Gasteiger partial charge in [0.1, 0.15) is 5.75 Å². The van der Waals surface area contributed by atoms with Crippen molar-refractivity contribution in [1.29, 1.82) is 0 Å². The Bertz CT molecular complexity index is 865. The molecule has 1 amide bonds. The van der Waals surface area contributed by atoms with Crippen LogP contribution in [0.5, 0.6) is 5.75 Å². The lowest BCUT2D eigenvalue weighted by atomic mass is 10.1. The molecule has 2 rings (SSSR count). The number of nitrogens with two attached hydrogens (primary N) is 1. The number of halogens is 3. The van der Waals surface area contributed by atoms with Crippen LogP contribution < -0.4 is 15.8 Å². The molecule has 1 heterocycles. The fourth-order valence-corrected chi connectivity index (χ4v) is 2.10. The Hall–Kier alpha value is -3.40. The second kappa shape index (κ2) is 9.51. The van der Waals surface area contributed by atoms with Crippen LogP contribution in [-0.2, 0) is 0 Å². The molecule has 1 aromatic heterocycles. The number of aromatic nitrogens is 1. The third-order valence-corrected chi connectivity index (χ3v) is 3.32. The summed E-state index contributed by atoms with van der Waals surface area (Å²) in [6.07, 6.45) is 0.779. The first kappa shape index (κ1) is 20.9. The normalized spacial score (nSPS) is 12.2. The summed E-state index contributed by atoms with van der Waals surface area (Å²) in [5.41, 5.74) is 7.09. The van der Waals surface area contributed by atoms with Gasteiger partial charge in [-0.25, -0.2) is 0 Å². The van der Waals surface area contributed by atoms with Crippen LogP contribution in [0.3, 0.4) is 0 Å². The Balaban J connectivity index is 2.10. The van der Waals surface area contributed by atoms with E-state index in [4.69, 9.17) is 10.8 Å². The Kier molecular flexibility index (Phi) is 7.10. The number of carbonyl (C=O) groups is 1. The van der Waals surface area contributed by atoms with Crippen molar-refractivity contribution in [2.24, 2.45) is 10.7 Å². The Labute approximate surface area is 158 Å². The maximum Gasteiger partial charge on any atom is 0.573 e. The molecule has 2 aromatic rings. The van der Waals surface area contributed by atoms with E-state index in [9.17, 15) is 18.0 Å². The second-order valence-corrected chi connectivity index (χ2v) is 5.37. The van der Waals surface area contributed by atoms with E-state index in [1.807, 2.05) is 0 Å². The lowest BCUT2D eigenvalue weighted by Gasteiger charge is -2.10. The first-order chi connectivity index (χ1) is 13.3. The minimum Gasteiger partial charge on any atom is -0.406 e. The smallest absolute Gasteiger partial charge is 0.406 e. The molecule has 0 spiro atoms. The van der Waals surface area contributed by atoms with Gasteiger partial charge in [0.05, 0.1) is 18.7 Å². The predicted molar refractivity (Wildman–Crippen MR) is 97.9 cm³/mol. The highest BCUT2D eigenvalue weighted by molar-refractivity contribution is 6.11. The topological polar surface area (TPSA) is 110 Å². The quantitative estimate of drug-likeness (QED) is 0.626. The summed E-state index contributed by atoms with van der Waals surface area (Å²) in [4.78, 5) is 20.3. The van der Waals surface area contributed by atoms with Crippen molar-refractivity contribution in [3.63, 3.8) is 0 Å². The molecular weight excluding hydrogens is 377 g/mol. The SMILES string of the molecule is NC=C(C=NCCO)c1cncc(C(=O)Nc2ccc(OC(F)(F)F)cc2)c1. The number of aliphatic hydroxyl groups excluding tert-OH is 1. The molecule has 0 aliphatic carbocycles. The fraction of sp³-hybridized carbons (Fsp3) is 0.167. The predicted octanol–water partition coefficient (Wildman–Crippen LogP) is 2.60. The third kappa shape index (κ3) is 6.40. The van der Waals surface area contributed by atoms with Gasteiger partial charge in [0.15, 0.2) is 0 Å². The van der Waals surface area contributed by atoms with E-state index >= 15 is 0 Å².